The highest BCUT2D eigenvalue weighted by molar-refractivity contribution is 5.78. The van der Waals surface area contributed by atoms with E-state index in [0.717, 1.165) is 56.8 Å². The Labute approximate surface area is 155 Å². The van der Waals surface area contributed by atoms with Crippen molar-refractivity contribution in [3.05, 3.63) is 30.1 Å². The minimum atomic E-state index is 0.142. The Morgan fingerprint density at radius 3 is 2.85 bits per heavy atom. The number of benzene rings is 1. The van der Waals surface area contributed by atoms with Gasteiger partial charge in [-0.2, -0.15) is 0 Å². The first-order valence-corrected chi connectivity index (χ1v) is 10.2. The van der Waals surface area contributed by atoms with Crippen LogP contribution in [0.3, 0.4) is 0 Å². The number of carbonyl (C=O) groups is 1. The second kappa shape index (κ2) is 7.78. The zero-order chi connectivity index (χ0) is 17.9. The number of carbonyl (C=O) groups excluding carboxylic acids is 1. The van der Waals surface area contributed by atoms with Crippen LogP contribution in [0.2, 0.25) is 0 Å². The summed E-state index contributed by atoms with van der Waals surface area (Å²) in [5, 5.41) is 3.41. The molecule has 0 saturated carbocycles. The lowest BCUT2D eigenvalue weighted by Crippen LogP contribution is -2.33. The number of hydrogen-bond acceptors (Lipinski definition) is 3. The van der Waals surface area contributed by atoms with Crippen molar-refractivity contribution in [1.82, 2.24) is 19.8 Å². The van der Waals surface area contributed by atoms with E-state index in [4.69, 9.17) is 4.98 Å². The lowest BCUT2D eigenvalue weighted by atomic mass is 9.93. The van der Waals surface area contributed by atoms with Crippen LogP contribution in [-0.4, -0.2) is 40.0 Å². The highest BCUT2D eigenvalue weighted by Crippen LogP contribution is 2.34. The van der Waals surface area contributed by atoms with Crippen LogP contribution in [-0.2, 0) is 11.3 Å². The summed E-state index contributed by atoms with van der Waals surface area (Å²) in [6.45, 7) is 6.14. The minimum Gasteiger partial charge on any atom is -0.333 e. The highest BCUT2D eigenvalue weighted by atomic mass is 16.2. The maximum Gasteiger partial charge on any atom is 0.223 e. The van der Waals surface area contributed by atoms with Crippen LogP contribution in [0.1, 0.15) is 57.3 Å². The van der Waals surface area contributed by atoms with Gasteiger partial charge in [-0.25, -0.2) is 4.98 Å². The fraction of sp³-hybridized carbons (Fsp3) is 0.619. The van der Waals surface area contributed by atoms with Crippen molar-refractivity contribution in [2.24, 2.45) is 5.92 Å². The van der Waals surface area contributed by atoms with Crippen molar-refractivity contribution in [1.29, 1.82) is 0 Å². The molecular weight excluding hydrogens is 324 g/mol. The number of nitrogens with zero attached hydrogens (tertiary/aromatic N) is 3. The topological polar surface area (TPSA) is 50.2 Å². The van der Waals surface area contributed by atoms with Crippen LogP contribution >= 0.6 is 0 Å². The molecule has 1 atom stereocenters. The molecule has 0 spiro atoms. The lowest BCUT2D eigenvalue weighted by molar-refractivity contribution is -0.132. The van der Waals surface area contributed by atoms with Crippen molar-refractivity contribution in [2.75, 3.05) is 19.6 Å². The lowest BCUT2D eigenvalue weighted by Gasteiger charge is -2.27. The van der Waals surface area contributed by atoms with Crippen molar-refractivity contribution >= 4 is 16.9 Å². The first-order valence-electron chi connectivity index (χ1n) is 10.2. The van der Waals surface area contributed by atoms with Crippen LogP contribution < -0.4 is 5.32 Å². The van der Waals surface area contributed by atoms with Gasteiger partial charge in [-0.05, 0) is 70.2 Å². The van der Waals surface area contributed by atoms with E-state index in [1.165, 1.54) is 18.4 Å². The SMILES string of the molecule is CCn1c(C2CCCN2C(=O)CCC2CCNCC2)nc2ccccc21. The quantitative estimate of drug-likeness (QED) is 0.894. The number of aromatic nitrogens is 2. The number of fused-ring (bicyclic) bond motifs is 1. The van der Waals surface area contributed by atoms with E-state index in [0.29, 0.717) is 18.2 Å². The molecule has 0 radical (unpaired) electrons. The molecule has 140 valence electrons. The molecule has 0 aliphatic carbocycles. The maximum absolute atomic E-state index is 13.0. The fourth-order valence-electron chi connectivity index (χ4n) is 4.66. The van der Waals surface area contributed by atoms with Crippen LogP contribution in [0.25, 0.3) is 11.0 Å². The Kier molecular flexibility index (Phi) is 5.25. The van der Waals surface area contributed by atoms with Crippen LogP contribution in [0.15, 0.2) is 24.3 Å². The molecule has 26 heavy (non-hydrogen) atoms. The van der Waals surface area contributed by atoms with Gasteiger partial charge in [-0.1, -0.05) is 12.1 Å². The molecule has 1 unspecified atom stereocenters. The highest BCUT2D eigenvalue weighted by Gasteiger charge is 2.33. The van der Waals surface area contributed by atoms with E-state index in [1.807, 2.05) is 6.07 Å². The van der Waals surface area contributed by atoms with Gasteiger partial charge in [0.2, 0.25) is 5.91 Å². The monoisotopic (exact) mass is 354 g/mol. The summed E-state index contributed by atoms with van der Waals surface area (Å²) in [4.78, 5) is 20.0. The Morgan fingerprint density at radius 1 is 1.23 bits per heavy atom. The van der Waals surface area contributed by atoms with Gasteiger partial charge < -0.3 is 14.8 Å². The molecule has 2 fully saturated rings. The number of amides is 1. The molecule has 5 heteroatoms. The average molecular weight is 354 g/mol. The van der Waals surface area contributed by atoms with Gasteiger partial charge in [0.1, 0.15) is 5.82 Å². The molecule has 2 aromatic rings. The standard InChI is InChI=1S/C21H30N4O/c1-2-24-18-7-4-3-6-17(18)23-21(24)19-8-5-15-25(19)20(26)10-9-16-11-13-22-14-12-16/h3-4,6-7,16,19,22H,2,5,8-15H2,1H3. The van der Waals surface area contributed by atoms with Gasteiger partial charge in [0, 0.05) is 19.5 Å². The third-order valence-corrected chi connectivity index (χ3v) is 6.10. The van der Waals surface area contributed by atoms with E-state index in [2.05, 4.69) is 39.9 Å². The fourth-order valence-corrected chi connectivity index (χ4v) is 4.66. The molecular formula is C21H30N4O. The molecule has 1 aromatic carbocycles. The van der Waals surface area contributed by atoms with Crippen molar-refractivity contribution < 1.29 is 4.79 Å². The summed E-state index contributed by atoms with van der Waals surface area (Å²) >= 11 is 0. The number of para-hydroxylation sites is 2. The summed E-state index contributed by atoms with van der Waals surface area (Å²) in [5.41, 5.74) is 2.22. The Bertz CT molecular complexity index is 762. The Morgan fingerprint density at radius 2 is 2.04 bits per heavy atom. The van der Waals surface area contributed by atoms with Gasteiger partial charge in [-0.3, -0.25) is 4.79 Å². The largest absolute Gasteiger partial charge is 0.333 e. The van der Waals surface area contributed by atoms with Gasteiger partial charge >= 0.3 is 0 Å². The molecule has 5 nitrogen and oxygen atoms in total. The number of likely N-dealkylation sites (tertiary alicyclic amines) is 1. The van der Waals surface area contributed by atoms with E-state index in [-0.39, 0.29) is 6.04 Å². The first kappa shape index (κ1) is 17.5. The van der Waals surface area contributed by atoms with Crippen molar-refractivity contribution in [2.45, 2.75) is 58.0 Å². The van der Waals surface area contributed by atoms with Gasteiger partial charge in [-0.15, -0.1) is 0 Å². The van der Waals surface area contributed by atoms with Gasteiger partial charge in [0.15, 0.2) is 0 Å². The molecule has 2 saturated heterocycles. The summed E-state index contributed by atoms with van der Waals surface area (Å²) in [6, 6.07) is 8.45. The van der Waals surface area contributed by atoms with Crippen LogP contribution in [0.5, 0.6) is 0 Å². The first-order chi connectivity index (χ1) is 12.8. The van der Waals surface area contributed by atoms with E-state index < -0.39 is 0 Å². The molecule has 0 bridgehead atoms. The number of piperidine rings is 1. The molecule has 1 amide bonds. The Balaban J connectivity index is 1.50. The number of aryl methyl sites for hydroxylation is 1. The van der Waals surface area contributed by atoms with Crippen molar-refractivity contribution in [3.8, 4) is 0 Å². The molecule has 3 heterocycles. The molecule has 1 aromatic heterocycles. The number of hydrogen-bond donors (Lipinski definition) is 1. The third kappa shape index (κ3) is 3.37. The predicted octanol–water partition coefficient (Wildman–Crippen LogP) is 3.50. The summed E-state index contributed by atoms with van der Waals surface area (Å²) in [7, 11) is 0. The zero-order valence-electron chi connectivity index (χ0n) is 15.8. The number of rotatable bonds is 5. The molecule has 4 rings (SSSR count). The van der Waals surface area contributed by atoms with E-state index in [9.17, 15) is 4.79 Å². The average Bonchev–Trinajstić information content (AvgIpc) is 3.31. The minimum absolute atomic E-state index is 0.142. The van der Waals surface area contributed by atoms with E-state index in [1.54, 1.807) is 0 Å². The summed E-state index contributed by atoms with van der Waals surface area (Å²) in [5.74, 6) is 2.10. The van der Waals surface area contributed by atoms with Crippen LogP contribution in [0, 0.1) is 5.92 Å². The maximum atomic E-state index is 13.0. The van der Waals surface area contributed by atoms with Crippen LogP contribution in [0.4, 0.5) is 0 Å². The van der Waals surface area contributed by atoms with Gasteiger partial charge in [0.25, 0.3) is 0 Å². The summed E-state index contributed by atoms with van der Waals surface area (Å²) in [6.07, 6.45) is 6.26. The van der Waals surface area contributed by atoms with E-state index >= 15 is 0 Å². The molecule has 2 aliphatic heterocycles. The zero-order valence-corrected chi connectivity index (χ0v) is 15.8. The molecule has 1 N–H and O–H groups in total. The second-order valence-electron chi connectivity index (χ2n) is 7.68. The van der Waals surface area contributed by atoms with Gasteiger partial charge in [0.05, 0.1) is 17.1 Å². The number of nitrogens with one attached hydrogen (secondary N) is 1. The third-order valence-electron chi connectivity index (χ3n) is 6.10. The number of imidazole rings is 1. The summed E-state index contributed by atoms with van der Waals surface area (Å²) < 4.78 is 2.29. The predicted molar refractivity (Wildman–Crippen MR) is 104 cm³/mol. The van der Waals surface area contributed by atoms with Crippen molar-refractivity contribution in [3.63, 3.8) is 0 Å². The normalized spacial score (nSPS) is 21.6. The smallest absolute Gasteiger partial charge is 0.223 e. The second-order valence-corrected chi connectivity index (χ2v) is 7.68. The Hall–Kier alpha value is -1.88. The molecule has 2 aliphatic rings.